The normalized spacial score (nSPS) is 22.4. The molecule has 0 amide bonds. The third kappa shape index (κ3) is 3.65. The van der Waals surface area contributed by atoms with Crippen LogP contribution in [0.1, 0.15) is 40.0 Å². The second-order valence-electron chi connectivity index (χ2n) is 4.26. The molecule has 1 aliphatic rings. The van der Waals surface area contributed by atoms with Crippen molar-refractivity contribution in [2.24, 2.45) is 5.92 Å². The van der Waals surface area contributed by atoms with Crippen LogP contribution in [-0.4, -0.2) is 25.3 Å². The molecule has 78 valence electrons. The average molecular weight is 185 g/mol. The molecule has 1 aliphatic heterocycles. The highest BCUT2D eigenvalue weighted by Crippen LogP contribution is 2.13. The van der Waals surface area contributed by atoms with Gasteiger partial charge in [-0.15, -0.1) is 0 Å². The first kappa shape index (κ1) is 11.0. The molecule has 2 atom stereocenters. The predicted octanol–water partition coefficient (Wildman–Crippen LogP) is 2.19. The summed E-state index contributed by atoms with van der Waals surface area (Å²) in [6.45, 7) is 8.69. The van der Waals surface area contributed by atoms with Gasteiger partial charge >= 0.3 is 0 Å². The van der Waals surface area contributed by atoms with Crippen LogP contribution in [0.3, 0.4) is 0 Å². The summed E-state index contributed by atoms with van der Waals surface area (Å²) in [6.07, 6.45) is 3.84. The molecule has 1 saturated heterocycles. The van der Waals surface area contributed by atoms with Gasteiger partial charge in [-0.05, 0) is 18.8 Å². The third-order valence-corrected chi connectivity index (χ3v) is 2.99. The highest BCUT2D eigenvalue weighted by Gasteiger charge is 2.21. The van der Waals surface area contributed by atoms with Gasteiger partial charge in [0.1, 0.15) is 0 Å². The van der Waals surface area contributed by atoms with E-state index in [0.29, 0.717) is 12.1 Å². The zero-order chi connectivity index (χ0) is 9.68. The zero-order valence-electron chi connectivity index (χ0n) is 9.18. The Hall–Kier alpha value is -0.0800. The van der Waals surface area contributed by atoms with Gasteiger partial charge in [0.05, 0.1) is 19.3 Å². The van der Waals surface area contributed by atoms with Crippen molar-refractivity contribution in [2.45, 2.75) is 52.1 Å². The topological polar surface area (TPSA) is 21.3 Å². The van der Waals surface area contributed by atoms with Gasteiger partial charge in [-0.25, -0.2) is 0 Å². The maximum Gasteiger partial charge on any atom is 0.0643 e. The van der Waals surface area contributed by atoms with Crippen molar-refractivity contribution in [3.63, 3.8) is 0 Å². The van der Waals surface area contributed by atoms with Gasteiger partial charge in [-0.2, -0.15) is 0 Å². The van der Waals surface area contributed by atoms with E-state index in [2.05, 4.69) is 26.1 Å². The van der Waals surface area contributed by atoms with E-state index in [1.165, 1.54) is 19.3 Å². The minimum Gasteiger partial charge on any atom is -0.378 e. The van der Waals surface area contributed by atoms with Crippen LogP contribution in [0.5, 0.6) is 0 Å². The summed E-state index contributed by atoms with van der Waals surface area (Å²) in [6, 6.07) is 1.33. The molecule has 0 aromatic heterocycles. The van der Waals surface area contributed by atoms with E-state index in [1.807, 2.05) is 0 Å². The van der Waals surface area contributed by atoms with Crippen LogP contribution in [0.15, 0.2) is 0 Å². The highest BCUT2D eigenvalue weighted by molar-refractivity contribution is 4.78. The fourth-order valence-electron chi connectivity index (χ4n) is 1.67. The van der Waals surface area contributed by atoms with Crippen LogP contribution in [-0.2, 0) is 4.74 Å². The van der Waals surface area contributed by atoms with E-state index in [4.69, 9.17) is 4.74 Å². The number of hydrogen-bond acceptors (Lipinski definition) is 2. The van der Waals surface area contributed by atoms with Crippen LogP contribution in [0.25, 0.3) is 0 Å². The fourth-order valence-corrected chi connectivity index (χ4v) is 1.67. The lowest BCUT2D eigenvalue weighted by molar-refractivity contribution is -0.0113. The van der Waals surface area contributed by atoms with E-state index >= 15 is 0 Å². The first-order chi connectivity index (χ1) is 6.26. The second-order valence-corrected chi connectivity index (χ2v) is 4.26. The largest absolute Gasteiger partial charge is 0.378 e. The number of rotatable bonds is 6. The molecule has 1 heterocycles. The summed E-state index contributed by atoms with van der Waals surface area (Å²) in [5.41, 5.74) is 0. The first-order valence-corrected chi connectivity index (χ1v) is 5.60. The Bertz CT molecular complexity index is 127. The van der Waals surface area contributed by atoms with Gasteiger partial charge in [-0.1, -0.05) is 27.2 Å². The summed E-state index contributed by atoms with van der Waals surface area (Å²) in [5.74, 6) is 0.846. The van der Waals surface area contributed by atoms with Crippen LogP contribution >= 0.6 is 0 Å². The summed E-state index contributed by atoms with van der Waals surface area (Å²) in [4.78, 5) is 0. The minimum absolute atomic E-state index is 0.633. The molecule has 13 heavy (non-hydrogen) atoms. The molecule has 1 fully saturated rings. The van der Waals surface area contributed by atoms with Gasteiger partial charge < -0.3 is 10.1 Å². The number of hydrogen-bond donors (Lipinski definition) is 1. The maximum atomic E-state index is 5.15. The smallest absolute Gasteiger partial charge is 0.0643 e. The molecular formula is C11H23NO. The van der Waals surface area contributed by atoms with Crippen LogP contribution in [0, 0.1) is 5.92 Å². The predicted molar refractivity (Wildman–Crippen MR) is 55.9 cm³/mol. The lowest BCUT2D eigenvalue weighted by atomic mass is 9.97. The molecule has 0 saturated carbocycles. The lowest BCUT2D eigenvalue weighted by Crippen LogP contribution is -2.50. The standard InChI is InChI=1S/C11H23NO/c1-4-9(3)6-10(5-2)12-11-7-13-8-11/h9-12H,4-8H2,1-3H3. The van der Waals surface area contributed by atoms with Gasteiger partial charge in [0.25, 0.3) is 0 Å². The molecular weight excluding hydrogens is 162 g/mol. The average Bonchev–Trinajstić information content (AvgIpc) is 2.08. The number of ether oxygens (including phenoxy) is 1. The van der Waals surface area contributed by atoms with Gasteiger partial charge in [-0.3, -0.25) is 0 Å². The molecule has 0 aliphatic carbocycles. The highest BCUT2D eigenvalue weighted by atomic mass is 16.5. The molecule has 0 bridgehead atoms. The monoisotopic (exact) mass is 185 g/mol. The van der Waals surface area contributed by atoms with E-state index in [1.54, 1.807) is 0 Å². The summed E-state index contributed by atoms with van der Waals surface area (Å²) in [5, 5.41) is 3.64. The van der Waals surface area contributed by atoms with Crippen LogP contribution in [0.4, 0.5) is 0 Å². The van der Waals surface area contributed by atoms with Crippen molar-refractivity contribution in [3.8, 4) is 0 Å². The van der Waals surface area contributed by atoms with Crippen molar-refractivity contribution >= 4 is 0 Å². The fraction of sp³-hybridized carbons (Fsp3) is 1.00. The molecule has 1 rings (SSSR count). The van der Waals surface area contributed by atoms with Crippen molar-refractivity contribution in [3.05, 3.63) is 0 Å². The molecule has 0 spiro atoms. The molecule has 2 nitrogen and oxygen atoms in total. The molecule has 0 aromatic carbocycles. The van der Waals surface area contributed by atoms with Crippen molar-refractivity contribution in [1.82, 2.24) is 5.32 Å². The summed E-state index contributed by atoms with van der Waals surface area (Å²) < 4.78 is 5.15. The van der Waals surface area contributed by atoms with E-state index in [9.17, 15) is 0 Å². The summed E-state index contributed by atoms with van der Waals surface area (Å²) in [7, 11) is 0. The molecule has 2 heteroatoms. The van der Waals surface area contributed by atoms with E-state index in [0.717, 1.165) is 19.1 Å². The van der Waals surface area contributed by atoms with Crippen LogP contribution in [0.2, 0.25) is 0 Å². The Kier molecular flexibility index (Phi) is 4.74. The van der Waals surface area contributed by atoms with Gasteiger partial charge in [0, 0.05) is 6.04 Å². The van der Waals surface area contributed by atoms with E-state index < -0.39 is 0 Å². The molecule has 2 unspecified atom stereocenters. The number of nitrogens with one attached hydrogen (secondary N) is 1. The SMILES string of the molecule is CCC(C)CC(CC)NC1COC1. The zero-order valence-corrected chi connectivity index (χ0v) is 9.18. The Morgan fingerprint density at radius 3 is 2.38 bits per heavy atom. The van der Waals surface area contributed by atoms with Crippen LogP contribution < -0.4 is 5.32 Å². The van der Waals surface area contributed by atoms with Crippen molar-refractivity contribution < 1.29 is 4.74 Å². The van der Waals surface area contributed by atoms with E-state index in [-0.39, 0.29) is 0 Å². The van der Waals surface area contributed by atoms with Gasteiger partial charge in [0.15, 0.2) is 0 Å². The Morgan fingerprint density at radius 2 is 2.00 bits per heavy atom. The third-order valence-electron chi connectivity index (χ3n) is 2.99. The maximum absolute atomic E-state index is 5.15. The molecule has 0 aromatic rings. The second kappa shape index (κ2) is 5.61. The Morgan fingerprint density at radius 1 is 1.31 bits per heavy atom. The quantitative estimate of drug-likeness (QED) is 0.685. The lowest BCUT2D eigenvalue weighted by Gasteiger charge is -2.32. The first-order valence-electron chi connectivity index (χ1n) is 5.60. The van der Waals surface area contributed by atoms with Crippen molar-refractivity contribution in [2.75, 3.05) is 13.2 Å². The summed E-state index contributed by atoms with van der Waals surface area (Å²) >= 11 is 0. The Labute approximate surface area is 82.0 Å². The molecule has 1 N–H and O–H groups in total. The van der Waals surface area contributed by atoms with Crippen molar-refractivity contribution in [1.29, 1.82) is 0 Å². The Balaban J connectivity index is 2.16. The minimum atomic E-state index is 0.633. The molecule has 0 radical (unpaired) electrons. The van der Waals surface area contributed by atoms with Gasteiger partial charge in [0.2, 0.25) is 0 Å².